The zero-order valence-corrected chi connectivity index (χ0v) is 17.0. The Bertz CT molecular complexity index is 454. The second kappa shape index (κ2) is 12.1. The summed E-state index contributed by atoms with van der Waals surface area (Å²) in [6.45, 7) is 10.1. The number of likely N-dealkylation sites (tertiary alicyclic amines) is 1. The molecule has 5 heteroatoms. The number of benzene rings is 1. The van der Waals surface area contributed by atoms with Crippen molar-refractivity contribution in [3.8, 4) is 0 Å². The number of rotatable bonds is 7. The standard InChI is InChI=1S/C19H33N3.2ClH/c1-16(2)22-11-5-8-19(15-22)14-21(3)13-18-7-4-6-17(12-18)9-10-20;;/h4,6-7,12,16,19H,5,8-11,13-15,20H2,1-3H3;2*1H. The van der Waals surface area contributed by atoms with E-state index >= 15 is 0 Å². The van der Waals surface area contributed by atoms with Gasteiger partial charge in [-0.2, -0.15) is 0 Å². The van der Waals surface area contributed by atoms with Gasteiger partial charge in [-0.3, -0.25) is 0 Å². The Morgan fingerprint density at radius 2 is 1.96 bits per heavy atom. The maximum Gasteiger partial charge on any atom is 0.0230 e. The van der Waals surface area contributed by atoms with Crippen molar-refractivity contribution in [3.63, 3.8) is 0 Å². The maximum absolute atomic E-state index is 5.66. The lowest BCUT2D eigenvalue weighted by Gasteiger charge is -2.37. The highest BCUT2D eigenvalue weighted by Crippen LogP contribution is 2.20. The van der Waals surface area contributed by atoms with Crippen LogP contribution in [0.3, 0.4) is 0 Å². The Labute approximate surface area is 160 Å². The quantitative estimate of drug-likeness (QED) is 0.790. The van der Waals surface area contributed by atoms with Crippen molar-refractivity contribution in [2.24, 2.45) is 11.7 Å². The average molecular weight is 376 g/mol. The van der Waals surface area contributed by atoms with E-state index in [0.29, 0.717) is 6.04 Å². The number of nitrogens with zero attached hydrogens (tertiary/aromatic N) is 2. The highest BCUT2D eigenvalue weighted by atomic mass is 35.5. The molecule has 1 atom stereocenters. The first kappa shape index (κ1) is 23.7. The predicted molar refractivity (Wildman–Crippen MR) is 109 cm³/mol. The summed E-state index contributed by atoms with van der Waals surface area (Å²) in [6, 6.07) is 9.57. The molecule has 2 N–H and O–H groups in total. The number of nitrogens with two attached hydrogens (primary N) is 1. The van der Waals surface area contributed by atoms with Crippen LogP contribution in [0.25, 0.3) is 0 Å². The summed E-state index contributed by atoms with van der Waals surface area (Å²) in [6.07, 6.45) is 3.70. The summed E-state index contributed by atoms with van der Waals surface area (Å²) in [7, 11) is 2.25. The molecule has 1 heterocycles. The van der Waals surface area contributed by atoms with Gasteiger partial charge in [0.1, 0.15) is 0 Å². The van der Waals surface area contributed by atoms with Crippen LogP contribution in [0.5, 0.6) is 0 Å². The van der Waals surface area contributed by atoms with Crippen molar-refractivity contribution in [2.75, 3.05) is 33.2 Å². The molecule has 0 saturated carbocycles. The third kappa shape index (κ3) is 7.71. The first-order valence-electron chi connectivity index (χ1n) is 8.79. The predicted octanol–water partition coefficient (Wildman–Crippen LogP) is 3.58. The molecule has 1 aromatic rings. The largest absolute Gasteiger partial charge is 0.330 e. The second-order valence-corrected chi connectivity index (χ2v) is 7.15. The minimum atomic E-state index is 0. The molecule has 0 amide bonds. The Hall–Kier alpha value is -0.320. The van der Waals surface area contributed by atoms with Crippen molar-refractivity contribution < 1.29 is 0 Å². The van der Waals surface area contributed by atoms with Crippen molar-refractivity contribution >= 4 is 24.8 Å². The molecule has 0 bridgehead atoms. The van der Waals surface area contributed by atoms with Crippen LogP contribution in [0.1, 0.15) is 37.8 Å². The zero-order valence-electron chi connectivity index (χ0n) is 15.4. The van der Waals surface area contributed by atoms with Gasteiger partial charge >= 0.3 is 0 Å². The Morgan fingerprint density at radius 1 is 1.25 bits per heavy atom. The Balaban J connectivity index is 0.00000264. The third-order valence-electron chi connectivity index (χ3n) is 4.73. The molecule has 140 valence electrons. The molecule has 1 saturated heterocycles. The van der Waals surface area contributed by atoms with E-state index in [4.69, 9.17) is 5.73 Å². The molecule has 2 rings (SSSR count). The SMILES string of the molecule is CC(C)N1CCCC(CN(C)Cc2cccc(CCN)c2)C1.Cl.Cl. The Kier molecular flexibility index (Phi) is 11.9. The van der Waals surface area contributed by atoms with E-state index in [1.807, 2.05) is 0 Å². The minimum Gasteiger partial charge on any atom is -0.330 e. The molecular weight excluding hydrogens is 341 g/mol. The van der Waals surface area contributed by atoms with Crippen LogP contribution in [0.4, 0.5) is 0 Å². The molecular formula is C19H35Cl2N3. The van der Waals surface area contributed by atoms with Crippen molar-refractivity contribution in [2.45, 2.75) is 45.7 Å². The van der Waals surface area contributed by atoms with Gasteiger partial charge in [0.25, 0.3) is 0 Å². The van der Waals surface area contributed by atoms with E-state index in [0.717, 1.165) is 25.4 Å². The molecule has 0 spiro atoms. The smallest absolute Gasteiger partial charge is 0.0230 e. The van der Waals surface area contributed by atoms with Gasteiger partial charge < -0.3 is 15.5 Å². The normalized spacial score (nSPS) is 18.3. The molecule has 0 radical (unpaired) electrons. The molecule has 24 heavy (non-hydrogen) atoms. The van der Waals surface area contributed by atoms with Gasteiger partial charge in [-0.05, 0) is 70.3 Å². The monoisotopic (exact) mass is 375 g/mol. The first-order chi connectivity index (χ1) is 10.6. The van der Waals surface area contributed by atoms with Crippen molar-refractivity contribution in [1.29, 1.82) is 0 Å². The van der Waals surface area contributed by atoms with E-state index in [9.17, 15) is 0 Å². The van der Waals surface area contributed by atoms with Crippen LogP contribution >= 0.6 is 24.8 Å². The highest BCUT2D eigenvalue weighted by molar-refractivity contribution is 5.85. The lowest BCUT2D eigenvalue weighted by molar-refractivity contribution is 0.116. The Morgan fingerprint density at radius 3 is 2.62 bits per heavy atom. The summed E-state index contributed by atoms with van der Waals surface area (Å²) >= 11 is 0. The van der Waals surface area contributed by atoms with Crippen LogP contribution < -0.4 is 5.73 Å². The molecule has 1 aliphatic rings. The molecule has 0 aliphatic carbocycles. The van der Waals surface area contributed by atoms with Gasteiger partial charge in [-0.15, -0.1) is 24.8 Å². The van der Waals surface area contributed by atoms with Crippen LogP contribution in [0.2, 0.25) is 0 Å². The van der Waals surface area contributed by atoms with Crippen LogP contribution in [-0.2, 0) is 13.0 Å². The summed E-state index contributed by atoms with van der Waals surface area (Å²) in [5.41, 5.74) is 8.42. The lowest BCUT2D eigenvalue weighted by Crippen LogP contribution is -2.43. The average Bonchev–Trinajstić information content (AvgIpc) is 2.48. The zero-order chi connectivity index (χ0) is 15.9. The number of piperidine rings is 1. The van der Waals surface area contributed by atoms with E-state index in [-0.39, 0.29) is 24.8 Å². The number of hydrogen-bond donors (Lipinski definition) is 1. The minimum absolute atomic E-state index is 0. The van der Waals surface area contributed by atoms with Gasteiger partial charge in [-0.1, -0.05) is 24.3 Å². The van der Waals surface area contributed by atoms with E-state index < -0.39 is 0 Å². The summed E-state index contributed by atoms with van der Waals surface area (Å²) in [5.74, 6) is 0.813. The molecule has 3 nitrogen and oxygen atoms in total. The summed E-state index contributed by atoms with van der Waals surface area (Å²) < 4.78 is 0. The van der Waals surface area contributed by atoms with Gasteiger partial charge in [0.15, 0.2) is 0 Å². The second-order valence-electron chi connectivity index (χ2n) is 7.15. The lowest BCUT2D eigenvalue weighted by atomic mass is 9.96. The van der Waals surface area contributed by atoms with Crippen LogP contribution in [0, 0.1) is 5.92 Å². The van der Waals surface area contributed by atoms with Gasteiger partial charge in [0.2, 0.25) is 0 Å². The van der Waals surface area contributed by atoms with Crippen molar-refractivity contribution in [3.05, 3.63) is 35.4 Å². The van der Waals surface area contributed by atoms with E-state index in [1.165, 1.54) is 43.6 Å². The molecule has 1 unspecified atom stereocenters. The van der Waals surface area contributed by atoms with Crippen molar-refractivity contribution in [1.82, 2.24) is 9.80 Å². The van der Waals surface area contributed by atoms with Crippen LogP contribution in [0.15, 0.2) is 24.3 Å². The fraction of sp³-hybridized carbons (Fsp3) is 0.684. The van der Waals surface area contributed by atoms with E-state index in [1.54, 1.807) is 0 Å². The fourth-order valence-electron chi connectivity index (χ4n) is 3.58. The van der Waals surface area contributed by atoms with Gasteiger partial charge in [-0.25, -0.2) is 0 Å². The van der Waals surface area contributed by atoms with Gasteiger partial charge in [0, 0.05) is 25.7 Å². The first-order valence-corrected chi connectivity index (χ1v) is 8.79. The number of halogens is 2. The highest BCUT2D eigenvalue weighted by Gasteiger charge is 2.22. The topological polar surface area (TPSA) is 32.5 Å². The third-order valence-corrected chi connectivity index (χ3v) is 4.73. The molecule has 1 aliphatic heterocycles. The fourth-order valence-corrected chi connectivity index (χ4v) is 3.58. The molecule has 0 aromatic heterocycles. The summed E-state index contributed by atoms with van der Waals surface area (Å²) in [5, 5.41) is 0. The van der Waals surface area contributed by atoms with Gasteiger partial charge in [0.05, 0.1) is 0 Å². The maximum atomic E-state index is 5.66. The molecule has 1 fully saturated rings. The number of hydrogen-bond acceptors (Lipinski definition) is 3. The van der Waals surface area contributed by atoms with Crippen LogP contribution in [-0.4, -0.2) is 49.1 Å². The van der Waals surface area contributed by atoms with E-state index in [2.05, 4.69) is 55.0 Å². The molecule has 1 aromatic carbocycles. The summed E-state index contributed by atoms with van der Waals surface area (Å²) in [4.78, 5) is 5.11.